The first kappa shape index (κ1) is 11.3. The Bertz CT molecular complexity index is 874. The number of furan rings is 1. The van der Waals surface area contributed by atoms with Gasteiger partial charge in [0.15, 0.2) is 0 Å². The summed E-state index contributed by atoms with van der Waals surface area (Å²) in [6.45, 7) is 2.16. The Morgan fingerprint density at radius 2 is 1.90 bits per heavy atom. The summed E-state index contributed by atoms with van der Waals surface area (Å²) in [6.07, 6.45) is 5.62. The highest BCUT2D eigenvalue weighted by Gasteiger charge is 2.11. The molecule has 0 aliphatic rings. The molecule has 1 atom stereocenters. The van der Waals surface area contributed by atoms with E-state index in [1.807, 2.05) is 30.7 Å². The second kappa shape index (κ2) is 4.23. The molecule has 4 aromatic rings. The van der Waals surface area contributed by atoms with Crippen LogP contribution >= 0.6 is 0 Å². The van der Waals surface area contributed by atoms with Crippen molar-refractivity contribution in [2.45, 2.75) is 13.0 Å². The van der Waals surface area contributed by atoms with Crippen LogP contribution in [0.2, 0.25) is 0 Å². The fourth-order valence-electron chi connectivity index (χ4n) is 2.67. The molecule has 20 heavy (non-hydrogen) atoms. The minimum absolute atomic E-state index is 0.245. The third-order valence-corrected chi connectivity index (χ3v) is 3.86. The molecule has 3 heteroatoms. The van der Waals surface area contributed by atoms with Gasteiger partial charge in [0.1, 0.15) is 11.2 Å². The number of aromatic nitrogens is 2. The molecule has 0 fully saturated rings. The number of nitrogens with zero attached hydrogens (tertiary/aromatic N) is 2. The summed E-state index contributed by atoms with van der Waals surface area (Å²) in [4.78, 5) is 4.11. The highest BCUT2D eigenvalue weighted by Crippen LogP contribution is 2.31. The number of benzene rings is 2. The molecule has 2 heterocycles. The predicted molar refractivity (Wildman–Crippen MR) is 79.8 cm³/mol. The van der Waals surface area contributed by atoms with E-state index in [1.165, 1.54) is 16.3 Å². The van der Waals surface area contributed by atoms with Crippen LogP contribution in [0.4, 0.5) is 0 Å². The van der Waals surface area contributed by atoms with Crippen molar-refractivity contribution in [2.24, 2.45) is 0 Å². The van der Waals surface area contributed by atoms with Gasteiger partial charge >= 0.3 is 0 Å². The van der Waals surface area contributed by atoms with Crippen molar-refractivity contribution in [3.63, 3.8) is 0 Å². The summed E-state index contributed by atoms with van der Waals surface area (Å²) in [5, 5.41) is 2.34. The normalized spacial score (nSPS) is 13.1. The zero-order chi connectivity index (χ0) is 13.5. The molecule has 4 rings (SSSR count). The standard InChI is InChI=1S/C17H14N2O/c1-12(19-9-8-18-11-19)13-6-7-15-14-4-2-3-5-16(14)20-17(15)10-13/h2-12H,1H3. The van der Waals surface area contributed by atoms with Gasteiger partial charge < -0.3 is 8.98 Å². The average Bonchev–Trinajstić information content (AvgIpc) is 3.13. The SMILES string of the molecule is CC(c1ccc2c(c1)oc1ccccc12)n1ccnc1. The topological polar surface area (TPSA) is 31.0 Å². The Morgan fingerprint density at radius 3 is 2.75 bits per heavy atom. The molecular formula is C17H14N2O. The van der Waals surface area contributed by atoms with Gasteiger partial charge in [-0.25, -0.2) is 4.98 Å². The molecule has 0 aliphatic carbocycles. The maximum atomic E-state index is 5.94. The van der Waals surface area contributed by atoms with E-state index in [4.69, 9.17) is 4.42 Å². The van der Waals surface area contributed by atoms with E-state index in [-0.39, 0.29) is 6.04 Å². The molecule has 0 bridgehead atoms. The van der Waals surface area contributed by atoms with Gasteiger partial charge in [-0.15, -0.1) is 0 Å². The van der Waals surface area contributed by atoms with Gasteiger partial charge in [0.2, 0.25) is 0 Å². The molecule has 0 aliphatic heterocycles. The van der Waals surface area contributed by atoms with Crippen LogP contribution in [0.5, 0.6) is 0 Å². The molecule has 0 amide bonds. The van der Waals surface area contributed by atoms with Crippen molar-refractivity contribution in [1.82, 2.24) is 9.55 Å². The van der Waals surface area contributed by atoms with Crippen molar-refractivity contribution < 1.29 is 4.42 Å². The molecule has 3 nitrogen and oxygen atoms in total. The van der Waals surface area contributed by atoms with Gasteiger partial charge in [0.25, 0.3) is 0 Å². The number of imidazole rings is 1. The van der Waals surface area contributed by atoms with Gasteiger partial charge in [-0.2, -0.15) is 0 Å². The minimum atomic E-state index is 0.245. The van der Waals surface area contributed by atoms with Crippen molar-refractivity contribution >= 4 is 21.9 Å². The van der Waals surface area contributed by atoms with Gasteiger partial charge in [-0.3, -0.25) is 0 Å². The van der Waals surface area contributed by atoms with Crippen LogP contribution in [0, 0.1) is 0 Å². The van der Waals surface area contributed by atoms with Crippen molar-refractivity contribution in [2.75, 3.05) is 0 Å². The van der Waals surface area contributed by atoms with Gasteiger partial charge in [0, 0.05) is 23.2 Å². The lowest BCUT2D eigenvalue weighted by Crippen LogP contribution is -2.03. The Hall–Kier alpha value is -2.55. The summed E-state index contributed by atoms with van der Waals surface area (Å²) in [6, 6.07) is 14.8. The van der Waals surface area contributed by atoms with E-state index in [1.54, 1.807) is 6.20 Å². The first-order chi connectivity index (χ1) is 9.83. The number of rotatable bonds is 2. The van der Waals surface area contributed by atoms with Crippen LogP contribution < -0.4 is 0 Å². The molecule has 0 saturated heterocycles. The Morgan fingerprint density at radius 1 is 1.05 bits per heavy atom. The number of fused-ring (bicyclic) bond motifs is 3. The Labute approximate surface area is 116 Å². The predicted octanol–water partition coefficient (Wildman–Crippen LogP) is 4.39. The number of hydrogen-bond donors (Lipinski definition) is 0. The quantitative estimate of drug-likeness (QED) is 0.536. The van der Waals surface area contributed by atoms with E-state index in [2.05, 4.69) is 40.7 Å². The summed E-state index contributed by atoms with van der Waals surface area (Å²) in [5.74, 6) is 0. The first-order valence-electron chi connectivity index (χ1n) is 6.71. The highest BCUT2D eigenvalue weighted by atomic mass is 16.3. The molecule has 2 aromatic heterocycles. The lowest BCUT2D eigenvalue weighted by atomic mass is 10.1. The molecule has 0 N–H and O–H groups in total. The van der Waals surface area contributed by atoms with E-state index in [0.717, 1.165) is 11.2 Å². The van der Waals surface area contributed by atoms with E-state index >= 15 is 0 Å². The molecule has 0 radical (unpaired) electrons. The average molecular weight is 262 g/mol. The summed E-state index contributed by atoms with van der Waals surface area (Å²) in [5.41, 5.74) is 3.10. The van der Waals surface area contributed by atoms with Crippen molar-refractivity contribution in [3.05, 3.63) is 66.7 Å². The van der Waals surface area contributed by atoms with Crippen molar-refractivity contribution in [1.29, 1.82) is 0 Å². The Balaban J connectivity index is 1.88. The van der Waals surface area contributed by atoms with Crippen molar-refractivity contribution in [3.8, 4) is 0 Å². The van der Waals surface area contributed by atoms with Gasteiger partial charge in [0.05, 0.1) is 12.4 Å². The molecule has 98 valence electrons. The zero-order valence-corrected chi connectivity index (χ0v) is 11.2. The molecule has 0 saturated carbocycles. The lowest BCUT2D eigenvalue weighted by molar-refractivity contribution is 0.632. The van der Waals surface area contributed by atoms with Crippen LogP contribution in [0.15, 0.2) is 65.6 Å². The fourth-order valence-corrected chi connectivity index (χ4v) is 2.67. The molecule has 2 aromatic carbocycles. The molecule has 1 unspecified atom stereocenters. The monoisotopic (exact) mass is 262 g/mol. The summed E-state index contributed by atoms with van der Waals surface area (Å²) >= 11 is 0. The summed E-state index contributed by atoms with van der Waals surface area (Å²) in [7, 11) is 0. The van der Waals surface area contributed by atoms with E-state index < -0.39 is 0 Å². The van der Waals surface area contributed by atoms with Gasteiger partial charge in [-0.1, -0.05) is 30.3 Å². The third kappa shape index (κ3) is 1.63. The number of para-hydroxylation sites is 1. The van der Waals surface area contributed by atoms with Crippen LogP contribution in [0.3, 0.4) is 0 Å². The van der Waals surface area contributed by atoms with Crippen LogP contribution in [-0.2, 0) is 0 Å². The fraction of sp³-hybridized carbons (Fsp3) is 0.118. The maximum Gasteiger partial charge on any atom is 0.135 e. The largest absolute Gasteiger partial charge is 0.456 e. The van der Waals surface area contributed by atoms with Gasteiger partial charge in [-0.05, 0) is 24.6 Å². The summed E-state index contributed by atoms with van der Waals surface area (Å²) < 4.78 is 8.02. The highest BCUT2D eigenvalue weighted by molar-refractivity contribution is 6.04. The van der Waals surface area contributed by atoms with Crippen LogP contribution in [0.25, 0.3) is 21.9 Å². The first-order valence-corrected chi connectivity index (χ1v) is 6.71. The number of hydrogen-bond acceptors (Lipinski definition) is 2. The third-order valence-electron chi connectivity index (χ3n) is 3.86. The Kier molecular flexibility index (Phi) is 2.39. The zero-order valence-electron chi connectivity index (χ0n) is 11.2. The van der Waals surface area contributed by atoms with Crippen LogP contribution in [-0.4, -0.2) is 9.55 Å². The van der Waals surface area contributed by atoms with Crippen LogP contribution in [0.1, 0.15) is 18.5 Å². The minimum Gasteiger partial charge on any atom is -0.456 e. The second-order valence-electron chi connectivity index (χ2n) is 5.04. The maximum absolute atomic E-state index is 5.94. The van der Waals surface area contributed by atoms with E-state index in [0.29, 0.717) is 0 Å². The second-order valence-corrected chi connectivity index (χ2v) is 5.04. The lowest BCUT2D eigenvalue weighted by Gasteiger charge is -2.13. The van der Waals surface area contributed by atoms with E-state index in [9.17, 15) is 0 Å². The molecular weight excluding hydrogens is 248 g/mol. The smallest absolute Gasteiger partial charge is 0.135 e. The molecule has 0 spiro atoms.